The lowest BCUT2D eigenvalue weighted by molar-refractivity contribution is -0.144. The van der Waals surface area contributed by atoms with Crippen LogP contribution in [0.4, 0.5) is 5.13 Å². The van der Waals surface area contributed by atoms with Gasteiger partial charge in [-0.25, -0.2) is 4.98 Å². The molecule has 0 spiro atoms. The first-order valence-corrected chi connectivity index (χ1v) is 15.6. The van der Waals surface area contributed by atoms with Gasteiger partial charge in [0.05, 0.1) is 18.2 Å². The first kappa shape index (κ1) is 27.6. The number of carboxylic acids is 1. The molecule has 43 heavy (non-hydrogen) atoms. The lowest BCUT2D eigenvalue weighted by atomic mass is 9.85. The number of nitrogens with zero attached hydrogens (tertiary/aromatic N) is 6. The summed E-state index contributed by atoms with van der Waals surface area (Å²) >= 11 is 1.60. The SMILES string of the molecule is Cc1ccc(OCc2ccc(C(=O)N3CCn4cnnc4C3)cc2C)c(-c2csc(N3CC4CCC(C3)C4C(=O)O)n2)c1. The van der Waals surface area contributed by atoms with Crippen LogP contribution in [0, 0.1) is 31.6 Å². The Kier molecular flexibility index (Phi) is 7.12. The standard InChI is InChI=1S/C32H34N6O4S/c1-19-3-8-27(25(11-19)26-17-43-32(34-26)38-13-22-5-6-23(14-38)29(22)31(40)41)42-16-24-7-4-21(12-20(24)2)30(39)36-9-10-37-18-33-35-28(37)15-36/h3-4,7-8,11-12,17-18,22-23,29H,5-6,9-10,13-16H2,1-2H3,(H,40,41). The molecule has 2 atom stereocenters. The Morgan fingerprint density at radius 1 is 1.07 bits per heavy atom. The molecule has 2 aromatic heterocycles. The van der Waals surface area contributed by atoms with E-state index < -0.39 is 5.97 Å². The molecule has 4 aromatic rings. The van der Waals surface area contributed by atoms with Crippen molar-refractivity contribution >= 4 is 28.3 Å². The van der Waals surface area contributed by atoms with Crippen molar-refractivity contribution in [3.63, 3.8) is 0 Å². The Balaban J connectivity index is 1.04. The molecule has 3 aliphatic rings. The largest absolute Gasteiger partial charge is 0.488 e. The average Bonchev–Trinajstić information content (AvgIpc) is 3.74. The number of thiazole rings is 1. The molecule has 4 heterocycles. The topological polar surface area (TPSA) is 114 Å². The van der Waals surface area contributed by atoms with E-state index in [0.29, 0.717) is 31.8 Å². The summed E-state index contributed by atoms with van der Waals surface area (Å²) in [5.74, 6) is 1.04. The number of hydrogen-bond donors (Lipinski definition) is 1. The molecule has 2 aromatic carbocycles. The molecule has 1 aliphatic carbocycles. The molecule has 7 rings (SSSR count). The Bertz CT molecular complexity index is 1680. The molecule has 1 saturated carbocycles. The van der Waals surface area contributed by atoms with Gasteiger partial charge in [-0.1, -0.05) is 17.7 Å². The van der Waals surface area contributed by atoms with Crippen LogP contribution < -0.4 is 9.64 Å². The summed E-state index contributed by atoms with van der Waals surface area (Å²) in [5, 5.41) is 20.8. The molecule has 1 saturated heterocycles. The Morgan fingerprint density at radius 2 is 1.88 bits per heavy atom. The van der Waals surface area contributed by atoms with Crippen molar-refractivity contribution in [2.45, 2.75) is 46.4 Å². The predicted molar refractivity (Wildman–Crippen MR) is 162 cm³/mol. The van der Waals surface area contributed by atoms with Crippen molar-refractivity contribution in [1.29, 1.82) is 0 Å². The average molecular weight is 599 g/mol. The van der Waals surface area contributed by atoms with E-state index in [1.807, 2.05) is 46.7 Å². The van der Waals surface area contributed by atoms with Gasteiger partial charge < -0.3 is 24.2 Å². The van der Waals surface area contributed by atoms with Gasteiger partial charge in [0, 0.05) is 42.7 Å². The van der Waals surface area contributed by atoms with Crippen LogP contribution in [-0.2, 0) is 24.5 Å². The van der Waals surface area contributed by atoms with Gasteiger partial charge >= 0.3 is 5.97 Å². The number of hydrogen-bond acceptors (Lipinski definition) is 8. The van der Waals surface area contributed by atoms with Crippen LogP contribution in [0.25, 0.3) is 11.3 Å². The quantitative estimate of drug-likeness (QED) is 0.323. The first-order chi connectivity index (χ1) is 20.8. The number of benzene rings is 2. The molecular formula is C32H34N6O4S. The van der Waals surface area contributed by atoms with Gasteiger partial charge in [-0.3, -0.25) is 9.59 Å². The summed E-state index contributed by atoms with van der Waals surface area (Å²) < 4.78 is 8.35. The number of anilines is 1. The smallest absolute Gasteiger partial charge is 0.307 e. The molecule has 2 unspecified atom stereocenters. The minimum absolute atomic E-state index is 0.00910. The van der Waals surface area contributed by atoms with Gasteiger partial charge in [0.2, 0.25) is 0 Å². The number of aryl methyl sites for hydroxylation is 2. The van der Waals surface area contributed by atoms with Crippen molar-refractivity contribution in [2.24, 2.45) is 17.8 Å². The van der Waals surface area contributed by atoms with Crippen LogP contribution in [0.15, 0.2) is 48.1 Å². The van der Waals surface area contributed by atoms with E-state index in [1.54, 1.807) is 17.7 Å². The molecule has 1 amide bonds. The number of piperidine rings is 1. The molecular weight excluding hydrogens is 564 g/mol. The van der Waals surface area contributed by atoms with E-state index in [4.69, 9.17) is 9.72 Å². The fraction of sp³-hybridized carbons (Fsp3) is 0.406. The monoisotopic (exact) mass is 598 g/mol. The number of carbonyl (C=O) groups is 2. The second-order valence-electron chi connectivity index (χ2n) is 12.0. The summed E-state index contributed by atoms with van der Waals surface area (Å²) in [6.07, 6.45) is 3.66. The molecule has 10 nitrogen and oxygen atoms in total. The normalized spacial score (nSPS) is 21.1. The van der Waals surface area contributed by atoms with Crippen molar-refractivity contribution in [2.75, 3.05) is 24.5 Å². The minimum Gasteiger partial charge on any atom is -0.488 e. The molecule has 0 radical (unpaired) electrons. The summed E-state index contributed by atoms with van der Waals surface area (Å²) in [7, 11) is 0. The van der Waals surface area contributed by atoms with Crippen LogP contribution in [0.3, 0.4) is 0 Å². The number of amides is 1. The van der Waals surface area contributed by atoms with Crippen molar-refractivity contribution < 1.29 is 19.4 Å². The van der Waals surface area contributed by atoms with E-state index >= 15 is 0 Å². The van der Waals surface area contributed by atoms with Crippen molar-refractivity contribution in [3.05, 3.63) is 76.2 Å². The van der Waals surface area contributed by atoms with E-state index in [9.17, 15) is 14.7 Å². The lowest BCUT2D eigenvalue weighted by Gasteiger charge is -2.35. The lowest BCUT2D eigenvalue weighted by Crippen LogP contribution is -2.44. The van der Waals surface area contributed by atoms with E-state index in [0.717, 1.165) is 70.6 Å². The molecule has 11 heteroatoms. The van der Waals surface area contributed by atoms with Gasteiger partial charge in [-0.15, -0.1) is 21.5 Å². The van der Waals surface area contributed by atoms with E-state index in [2.05, 4.69) is 33.5 Å². The fourth-order valence-electron chi connectivity index (χ4n) is 6.85. The van der Waals surface area contributed by atoms with Gasteiger partial charge in [0.25, 0.3) is 5.91 Å². The van der Waals surface area contributed by atoms with Crippen molar-refractivity contribution in [3.8, 4) is 17.0 Å². The molecule has 2 bridgehead atoms. The summed E-state index contributed by atoms with van der Waals surface area (Å²) in [6.45, 7) is 7.70. The maximum atomic E-state index is 13.2. The second kappa shape index (κ2) is 11.1. The van der Waals surface area contributed by atoms with Crippen LogP contribution in [-0.4, -0.2) is 61.3 Å². The first-order valence-electron chi connectivity index (χ1n) is 14.8. The van der Waals surface area contributed by atoms with Crippen LogP contribution in [0.1, 0.15) is 45.7 Å². The summed E-state index contributed by atoms with van der Waals surface area (Å²) in [5.41, 5.74) is 5.58. The minimum atomic E-state index is -0.654. The highest BCUT2D eigenvalue weighted by Gasteiger charge is 2.46. The third kappa shape index (κ3) is 5.26. The molecule has 222 valence electrons. The fourth-order valence-corrected chi connectivity index (χ4v) is 7.70. The second-order valence-corrected chi connectivity index (χ2v) is 12.8. The highest BCUT2D eigenvalue weighted by atomic mass is 32.1. The maximum absolute atomic E-state index is 13.2. The molecule has 2 aliphatic heterocycles. The Hall–Kier alpha value is -4.25. The van der Waals surface area contributed by atoms with Crippen molar-refractivity contribution in [1.82, 2.24) is 24.6 Å². The van der Waals surface area contributed by atoms with E-state index in [1.165, 1.54) is 0 Å². The zero-order valence-electron chi connectivity index (χ0n) is 24.3. The van der Waals surface area contributed by atoms with Gasteiger partial charge in [0.1, 0.15) is 18.7 Å². The van der Waals surface area contributed by atoms with Crippen LogP contribution in [0.5, 0.6) is 5.75 Å². The maximum Gasteiger partial charge on any atom is 0.307 e. The summed E-state index contributed by atoms with van der Waals surface area (Å²) in [6, 6.07) is 11.9. The highest BCUT2D eigenvalue weighted by Crippen LogP contribution is 2.44. The summed E-state index contributed by atoms with van der Waals surface area (Å²) in [4.78, 5) is 34.1. The number of ether oxygens (including phenoxy) is 1. The molecule has 2 fully saturated rings. The highest BCUT2D eigenvalue weighted by molar-refractivity contribution is 7.14. The number of fused-ring (bicyclic) bond motifs is 3. The number of carboxylic acid groups (broad SMARTS) is 1. The third-order valence-corrected chi connectivity index (χ3v) is 10.1. The Morgan fingerprint density at radius 3 is 2.65 bits per heavy atom. The van der Waals surface area contributed by atoms with Gasteiger partial charge in [0.15, 0.2) is 11.0 Å². The Labute approximate surface area is 253 Å². The zero-order chi connectivity index (χ0) is 29.7. The predicted octanol–water partition coefficient (Wildman–Crippen LogP) is 4.80. The molecule has 1 N–H and O–H groups in total. The van der Waals surface area contributed by atoms with E-state index in [-0.39, 0.29) is 23.7 Å². The number of carbonyl (C=O) groups excluding carboxylic acids is 1. The van der Waals surface area contributed by atoms with Crippen LogP contribution in [0.2, 0.25) is 0 Å². The number of aliphatic carboxylic acids is 1. The number of rotatable bonds is 7. The van der Waals surface area contributed by atoms with Gasteiger partial charge in [-0.05, 0) is 73.9 Å². The van der Waals surface area contributed by atoms with Gasteiger partial charge in [-0.2, -0.15) is 0 Å². The third-order valence-electron chi connectivity index (χ3n) is 9.19. The number of aromatic nitrogens is 4. The zero-order valence-corrected chi connectivity index (χ0v) is 25.1. The van der Waals surface area contributed by atoms with Crippen LogP contribution >= 0.6 is 11.3 Å².